The number of benzene rings is 1. The van der Waals surface area contributed by atoms with Crippen molar-refractivity contribution < 1.29 is 4.79 Å². The number of halogens is 2. The molecule has 7 heteroatoms. The van der Waals surface area contributed by atoms with Gasteiger partial charge in [-0.15, -0.1) is 0 Å². The molecule has 0 unspecified atom stereocenters. The molecule has 1 aromatic heterocycles. The zero-order valence-corrected chi connectivity index (χ0v) is 13.2. The van der Waals surface area contributed by atoms with E-state index >= 15 is 0 Å². The van der Waals surface area contributed by atoms with Crippen LogP contribution in [0.5, 0.6) is 0 Å². The van der Waals surface area contributed by atoms with Crippen molar-refractivity contribution in [1.29, 1.82) is 0 Å². The predicted octanol–water partition coefficient (Wildman–Crippen LogP) is 3.06. The number of amides is 1. The van der Waals surface area contributed by atoms with Gasteiger partial charge < -0.3 is 5.32 Å². The first kappa shape index (κ1) is 15.5. The van der Waals surface area contributed by atoms with Gasteiger partial charge in [0.25, 0.3) is 5.91 Å². The Hall–Kier alpha value is -1.92. The minimum absolute atomic E-state index is 0.105. The first-order valence-corrected chi connectivity index (χ1v) is 7.23. The number of aromatic nitrogens is 1. The Labute approximate surface area is 135 Å². The Morgan fingerprint density at radius 3 is 2.81 bits per heavy atom. The molecular weight excluding hydrogens is 356 g/mol. The Morgan fingerprint density at radius 2 is 2.10 bits per heavy atom. The molecule has 0 aliphatic heterocycles. The van der Waals surface area contributed by atoms with E-state index in [4.69, 9.17) is 11.6 Å². The third kappa shape index (κ3) is 5.17. The van der Waals surface area contributed by atoms with E-state index in [-0.39, 0.29) is 12.5 Å². The van der Waals surface area contributed by atoms with E-state index in [1.54, 1.807) is 48.9 Å². The molecule has 2 aromatic rings. The number of pyridine rings is 1. The Bertz CT molecular complexity index is 649. The maximum atomic E-state index is 11.6. The van der Waals surface area contributed by atoms with Gasteiger partial charge in [0.15, 0.2) is 0 Å². The van der Waals surface area contributed by atoms with Gasteiger partial charge in [-0.3, -0.25) is 9.78 Å². The lowest BCUT2D eigenvalue weighted by Gasteiger charge is -2.07. The van der Waals surface area contributed by atoms with E-state index in [1.807, 2.05) is 0 Å². The number of rotatable bonds is 5. The number of anilines is 1. The average molecular weight is 368 g/mol. The molecule has 0 aliphatic rings. The van der Waals surface area contributed by atoms with Crippen molar-refractivity contribution in [3.63, 3.8) is 0 Å². The van der Waals surface area contributed by atoms with Crippen LogP contribution in [0.1, 0.15) is 5.56 Å². The molecule has 0 atom stereocenters. The number of nitrogens with one attached hydrogen (secondary N) is 2. The fraction of sp³-hybridized carbons (Fsp3) is 0.0714. The van der Waals surface area contributed by atoms with Crippen LogP contribution in [0.15, 0.2) is 52.3 Å². The average Bonchev–Trinajstić information content (AvgIpc) is 2.47. The molecule has 2 rings (SSSR count). The topological polar surface area (TPSA) is 66.4 Å². The van der Waals surface area contributed by atoms with Crippen LogP contribution in [0.2, 0.25) is 5.02 Å². The minimum Gasteiger partial charge on any atom is -0.375 e. The Kier molecular flexibility index (Phi) is 5.71. The normalized spacial score (nSPS) is 10.6. The van der Waals surface area contributed by atoms with Crippen LogP contribution in [0.3, 0.4) is 0 Å². The van der Waals surface area contributed by atoms with E-state index in [2.05, 4.69) is 36.8 Å². The highest BCUT2D eigenvalue weighted by atomic mass is 79.9. The van der Waals surface area contributed by atoms with Crippen molar-refractivity contribution in [2.45, 2.75) is 0 Å². The fourth-order valence-corrected chi connectivity index (χ4v) is 2.30. The molecule has 0 aliphatic carbocycles. The molecule has 1 heterocycles. The summed E-state index contributed by atoms with van der Waals surface area (Å²) in [5.74, 6) is -0.248. The lowest BCUT2D eigenvalue weighted by Crippen LogP contribution is -2.26. The van der Waals surface area contributed by atoms with Gasteiger partial charge in [-0.1, -0.05) is 11.6 Å². The van der Waals surface area contributed by atoms with Gasteiger partial charge in [0.2, 0.25) is 0 Å². The van der Waals surface area contributed by atoms with Gasteiger partial charge in [-0.05, 0) is 51.8 Å². The van der Waals surface area contributed by atoms with Crippen LogP contribution in [0.25, 0.3) is 0 Å². The number of hydrogen-bond acceptors (Lipinski definition) is 4. The smallest absolute Gasteiger partial charge is 0.259 e. The molecule has 0 bridgehead atoms. The Morgan fingerprint density at radius 1 is 1.33 bits per heavy atom. The largest absolute Gasteiger partial charge is 0.375 e. The highest BCUT2D eigenvalue weighted by Gasteiger charge is 2.03. The zero-order valence-electron chi connectivity index (χ0n) is 10.9. The van der Waals surface area contributed by atoms with E-state index < -0.39 is 0 Å². The molecular formula is C14H12BrClN4O. The van der Waals surface area contributed by atoms with Crippen molar-refractivity contribution >= 4 is 45.3 Å². The minimum atomic E-state index is -0.248. The number of carbonyl (C=O) groups is 1. The molecule has 1 amide bonds. The predicted molar refractivity (Wildman–Crippen MR) is 87.6 cm³/mol. The van der Waals surface area contributed by atoms with Crippen LogP contribution < -0.4 is 10.7 Å². The first-order valence-electron chi connectivity index (χ1n) is 6.06. The van der Waals surface area contributed by atoms with Crippen LogP contribution in [0.4, 0.5) is 5.69 Å². The molecule has 21 heavy (non-hydrogen) atoms. The standard InChI is InChI=1S/C14H12BrClN4O/c15-12-7-11(16)1-2-13(12)18-9-14(21)20-19-8-10-3-5-17-6-4-10/h1-8,18H,9H2,(H,20,21)/b19-8+. The monoisotopic (exact) mass is 366 g/mol. The van der Waals surface area contributed by atoms with Crippen LogP contribution in [-0.2, 0) is 4.79 Å². The molecule has 5 nitrogen and oxygen atoms in total. The number of hydrazone groups is 1. The summed E-state index contributed by atoms with van der Waals surface area (Å²) in [4.78, 5) is 15.5. The van der Waals surface area contributed by atoms with E-state index in [0.29, 0.717) is 5.02 Å². The lowest BCUT2D eigenvalue weighted by atomic mass is 10.3. The Balaban J connectivity index is 1.81. The molecule has 0 spiro atoms. The summed E-state index contributed by atoms with van der Waals surface area (Å²) < 4.78 is 0.795. The maximum Gasteiger partial charge on any atom is 0.259 e. The van der Waals surface area contributed by atoms with Gasteiger partial charge in [0.1, 0.15) is 0 Å². The maximum absolute atomic E-state index is 11.6. The summed E-state index contributed by atoms with van der Waals surface area (Å²) in [6.07, 6.45) is 4.86. The van der Waals surface area contributed by atoms with Gasteiger partial charge in [-0.2, -0.15) is 5.10 Å². The summed E-state index contributed by atoms with van der Waals surface area (Å²) in [6.45, 7) is 0.105. The summed E-state index contributed by atoms with van der Waals surface area (Å²) in [6, 6.07) is 8.87. The van der Waals surface area contributed by atoms with Crippen molar-refractivity contribution in [3.8, 4) is 0 Å². The van der Waals surface area contributed by atoms with Crippen LogP contribution in [0, 0.1) is 0 Å². The second-order valence-electron chi connectivity index (χ2n) is 4.05. The highest BCUT2D eigenvalue weighted by Crippen LogP contribution is 2.25. The number of carbonyl (C=O) groups excluding carboxylic acids is 1. The zero-order chi connectivity index (χ0) is 15.1. The molecule has 0 fully saturated rings. The number of hydrogen-bond donors (Lipinski definition) is 2. The van der Waals surface area contributed by atoms with Crippen LogP contribution >= 0.6 is 27.5 Å². The molecule has 0 radical (unpaired) electrons. The first-order chi connectivity index (χ1) is 10.1. The quantitative estimate of drug-likeness (QED) is 0.630. The third-order valence-corrected chi connectivity index (χ3v) is 3.37. The highest BCUT2D eigenvalue weighted by molar-refractivity contribution is 9.10. The van der Waals surface area contributed by atoms with Crippen molar-refractivity contribution in [3.05, 3.63) is 57.8 Å². The molecule has 2 N–H and O–H groups in total. The van der Waals surface area contributed by atoms with Crippen molar-refractivity contribution in [2.24, 2.45) is 5.10 Å². The van der Waals surface area contributed by atoms with Gasteiger partial charge in [0, 0.05) is 27.6 Å². The van der Waals surface area contributed by atoms with E-state index in [1.165, 1.54) is 0 Å². The van der Waals surface area contributed by atoms with Crippen molar-refractivity contribution in [2.75, 3.05) is 11.9 Å². The van der Waals surface area contributed by atoms with Gasteiger partial charge in [-0.25, -0.2) is 5.43 Å². The summed E-state index contributed by atoms with van der Waals surface area (Å²) >= 11 is 9.21. The summed E-state index contributed by atoms with van der Waals surface area (Å²) in [7, 11) is 0. The molecule has 108 valence electrons. The fourth-order valence-electron chi connectivity index (χ4n) is 1.48. The number of nitrogens with zero attached hydrogens (tertiary/aromatic N) is 2. The van der Waals surface area contributed by atoms with Crippen LogP contribution in [-0.4, -0.2) is 23.7 Å². The SMILES string of the molecule is O=C(CNc1ccc(Cl)cc1Br)N/N=C/c1ccncc1. The van der Waals surface area contributed by atoms with Crippen molar-refractivity contribution in [1.82, 2.24) is 10.4 Å². The summed E-state index contributed by atoms with van der Waals surface area (Å²) in [5, 5.41) is 7.48. The third-order valence-electron chi connectivity index (χ3n) is 2.48. The lowest BCUT2D eigenvalue weighted by molar-refractivity contribution is -0.119. The second kappa shape index (κ2) is 7.75. The second-order valence-corrected chi connectivity index (χ2v) is 5.34. The van der Waals surface area contributed by atoms with Gasteiger partial charge >= 0.3 is 0 Å². The molecule has 0 saturated heterocycles. The van der Waals surface area contributed by atoms with Gasteiger partial charge in [0.05, 0.1) is 12.8 Å². The van der Waals surface area contributed by atoms with E-state index in [9.17, 15) is 4.79 Å². The molecule has 0 saturated carbocycles. The summed E-state index contributed by atoms with van der Waals surface area (Å²) in [5.41, 5.74) is 4.08. The van der Waals surface area contributed by atoms with E-state index in [0.717, 1.165) is 15.7 Å². The molecule has 1 aromatic carbocycles.